The number of fused-ring (bicyclic) bond motifs is 1. The Hall–Kier alpha value is -2.93. The van der Waals surface area contributed by atoms with Crippen LogP contribution in [-0.2, 0) is 33.3 Å². The van der Waals surface area contributed by atoms with Gasteiger partial charge in [-0.3, -0.25) is 14.4 Å². The summed E-state index contributed by atoms with van der Waals surface area (Å²) in [7, 11) is 0. The van der Waals surface area contributed by atoms with Crippen LogP contribution in [0.3, 0.4) is 0 Å². The number of nitrogens with two attached hydrogens (primary N) is 1. The van der Waals surface area contributed by atoms with Crippen molar-refractivity contribution >= 4 is 46.5 Å². The zero-order valence-corrected chi connectivity index (χ0v) is 17.5. The summed E-state index contributed by atoms with van der Waals surface area (Å²) in [5.74, 6) is -1.54. The van der Waals surface area contributed by atoms with E-state index in [4.69, 9.17) is 24.7 Å². The average Bonchev–Trinajstić information content (AvgIpc) is 3.19. The van der Waals surface area contributed by atoms with E-state index in [1.54, 1.807) is 0 Å². The molecule has 1 fully saturated rings. The van der Waals surface area contributed by atoms with Crippen molar-refractivity contribution in [3.63, 3.8) is 0 Å². The van der Waals surface area contributed by atoms with Crippen molar-refractivity contribution in [2.75, 3.05) is 18.6 Å². The third-order valence-corrected chi connectivity index (χ3v) is 4.93. The maximum absolute atomic E-state index is 11.8. The van der Waals surface area contributed by atoms with Crippen LogP contribution in [0.15, 0.2) is 11.4 Å². The molecule has 1 saturated heterocycles. The molecule has 3 heterocycles. The lowest BCUT2D eigenvalue weighted by atomic mass is 10.1. The van der Waals surface area contributed by atoms with Gasteiger partial charge >= 0.3 is 17.9 Å². The summed E-state index contributed by atoms with van der Waals surface area (Å²) in [5.41, 5.74) is 6.34. The second kappa shape index (κ2) is 8.83. The molecule has 2 aromatic heterocycles. The van der Waals surface area contributed by atoms with Crippen LogP contribution in [0.4, 0.5) is 5.82 Å². The zero-order chi connectivity index (χ0) is 22.0. The van der Waals surface area contributed by atoms with E-state index in [0.717, 1.165) is 0 Å². The van der Waals surface area contributed by atoms with Gasteiger partial charge in [-0.15, -0.1) is 11.8 Å². The molecule has 162 valence electrons. The van der Waals surface area contributed by atoms with Gasteiger partial charge in [-0.25, -0.2) is 14.6 Å². The molecule has 2 aromatic rings. The summed E-state index contributed by atoms with van der Waals surface area (Å²) in [5, 5.41) is 5.54. The molecule has 30 heavy (non-hydrogen) atoms. The van der Waals surface area contributed by atoms with E-state index >= 15 is 0 Å². The molecule has 0 saturated carbocycles. The maximum atomic E-state index is 11.8. The minimum Gasteiger partial charge on any atom is -0.463 e. The third kappa shape index (κ3) is 4.31. The Morgan fingerprint density at radius 1 is 1.13 bits per heavy atom. The Kier molecular flexibility index (Phi) is 6.41. The van der Waals surface area contributed by atoms with Gasteiger partial charge in [-0.05, 0) is 6.26 Å². The van der Waals surface area contributed by atoms with Crippen molar-refractivity contribution in [3.8, 4) is 0 Å². The first kappa shape index (κ1) is 21.8. The first-order chi connectivity index (χ1) is 14.2. The molecule has 3 rings (SSSR count). The Balaban J connectivity index is 2.08. The molecule has 0 aliphatic carbocycles. The molecule has 0 spiro atoms. The van der Waals surface area contributed by atoms with Gasteiger partial charge in [0.2, 0.25) is 0 Å². The van der Waals surface area contributed by atoms with Crippen LogP contribution >= 0.6 is 11.8 Å². The number of carbonyl (C=O) groups is 3. The maximum Gasteiger partial charge on any atom is 0.303 e. The number of aromatic nitrogens is 4. The molecule has 13 heteroatoms. The summed E-state index contributed by atoms with van der Waals surface area (Å²) in [6, 6.07) is 0. The van der Waals surface area contributed by atoms with Crippen LogP contribution in [-0.4, -0.2) is 68.8 Å². The summed E-state index contributed by atoms with van der Waals surface area (Å²) in [6.07, 6.45) is -0.939. The highest BCUT2D eigenvalue weighted by atomic mass is 32.2. The highest BCUT2D eigenvalue weighted by molar-refractivity contribution is 7.98. The SMILES string of the molecule is CSc1nn([C@@H]2O[C@@H](COC(C)=O)[C@@H](OC(C)=O)[C@H]2OC(C)=O)c2ncnc(N)c12. The van der Waals surface area contributed by atoms with Gasteiger partial charge in [0.05, 0.1) is 5.39 Å². The highest BCUT2D eigenvalue weighted by Crippen LogP contribution is 2.38. The van der Waals surface area contributed by atoms with Crippen LogP contribution in [0.5, 0.6) is 0 Å². The van der Waals surface area contributed by atoms with Crippen molar-refractivity contribution in [3.05, 3.63) is 6.33 Å². The van der Waals surface area contributed by atoms with E-state index in [2.05, 4.69) is 15.1 Å². The summed E-state index contributed by atoms with van der Waals surface area (Å²) >= 11 is 1.32. The lowest BCUT2D eigenvalue weighted by Crippen LogP contribution is -2.40. The summed E-state index contributed by atoms with van der Waals surface area (Å²) in [4.78, 5) is 43.0. The van der Waals surface area contributed by atoms with E-state index < -0.39 is 42.4 Å². The van der Waals surface area contributed by atoms with Gasteiger partial charge in [0, 0.05) is 20.8 Å². The summed E-state index contributed by atoms with van der Waals surface area (Å²) in [6.45, 7) is 3.45. The smallest absolute Gasteiger partial charge is 0.303 e. The number of nitrogens with zero attached hydrogens (tertiary/aromatic N) is 4. The average molecular weight is 439 g/mol. The zero-order valence-electron chi connectivity index (χ0n) is 16.7. The Morgan fingerprint density at radius 2 is 1.80 bits per heavy atom. The van der Waals surface area contributed by atoms with Crippen LogP contribution in [0.2, 0.25) is 0 Å². The lowest BCUT2D eigenvalue weighted by molar-refractivity contribution is -0.166. The molecule has 2 N–H and O–H groups in total. The van der Waals surface area contributed by atoms with Crippen molar-refractivity contribution in [2.24, 2.45) is 0 Å². The molecule has 1 aliphatic heterocycles. The molecular weight excluding hydrogens is 418 g/mol. The van der Waals surface area contributed by atoms with E-state index in [1.165, 1.54) is 43.5 Å². The summed E-state index contributed by atoms with van der Waals surface area (Å²) < 4.78 is 23.2. The number of rotatable bonds is 6. The molecule has 0 amide bonds. The van der Waals surface area contributed by atoms with Crippen molar-refractivity contribution in [1.82, 2.24) is 19.7 Å². The van der Waals surface area contributed by atoms with Crippen LogP contribution in [0.25, 0.3) is 11.0 Å². The number of thioether (sulfide) groups is 1. The molecule has 12 nitrogen and oxygen atoms in total. The standard InChI is InChI=1S/C17H21N5O7S/c1-7(23)26-5-10-12(27-8(2)24)13(28-9(3)25)17(29-10)22-15-11(16(21-22)30-4)14(18)19-6-20-15/h6,10,12-13,17H,5H2,1-4H3,(H2,18,19,20)/t10-,12+,13+,17+/m0/s1. The van der Waals surface area contributed by atoms with Crippen molar-refractivity contribution < 1.29 is 33.3 Å². The first-order valence-electron chi connectivity index (χ1n) is 8.88. The van der Waals surface area contributed by atoms with Gasteiger partial charge in [-0.1, -0.05) is 0 Å². The molecule has 0 radical (unpaired) electrons. The van der Waals surface area contributed by atoms with Crippen molar-refractivity contribution in [1.29, 1.82) is 0 Å². The Morgan fingerprint density at radius 3 is 2.40 bits per heavy atom. The van der Waals surface area contributed by atoms with Gasteiger partial charge in [0.1, 0.15) is 29.9 Å². The number of esters is 3. The molecule has 0 unspecified atom stereocenters. The van der Waals surface area contributed by atoms with E-state index in [0.29, 0.717) is 16.1 Å². The molecule has 0 bridgehead atoms. The number of carbonyl (C=O) groups excluding carboxylic acids is 3. The molecular formula is C17H21N5O7S. The lowest BCUT2D eigenvalue weighted by Gasteiger charge is -2.23. The number of anilines is 1. The van der Waals surface area contributed by atoms with Gasteiger partial charge in [0.25, 0.3) is 0 Å². The number of hydrogen-bond acceptors (Lipinski definition) is 12. The van der Waals surface area contributed by atoms with Crippen LogP contribution in [0, 0.1) is 0 Å². The largest absolute Gasteiger partial charge is 0.463 e. The minimum absolute atomic E-state index is 0.215. The fraction of sp³-hybridized carbons (Fsp3) is 0.529. The first-order valence-corrected chi connectivity index (χ1v) is 10.1. The van der Waals surface area contributed by atoms with E-state index in [1.807, 2.05) is 6.26 Å². The third-order valence-electron chi connectivity index (χ3n) is 4.26. The second-order valence-electron chi connectivity index (χ2n) is 6.43. The fourth-order valence-corrected chi connectivity index (χ4v) is 3.74. The second-order valence-corrected chi connectivity index (χ2v) is 7.22. The number of hydrogen-bond donors (Lipinski definition) is 1. The molecule has 0 aromatic carbocycles. The van der Waals surface area contributed by atoms with Gasteiger partial charge in [-0.2, -0.15) is 5.10 Å². The topological polar surface area (TPSA) is 158 Å². The quantitative estimate of drug-likeness (QED) is 0.377. The minimum atomic E-state index is -1.07. The van der Waals surface area contributed by atoms with Gasteiger partial charge in [0.15, 0.2) is 24.1 Å². The highest BCUT2D eigenvalue weighted by Gasteiger charge is 2.51. The monoisotopic (exact) mass is 439 g/mol. The Bertz CT molecular complexity index is 981. The van der Waals surface area contributed by atoms with E-state index in [9.17, 15) is 14.4 Å². The Labute approximate surface area is 175 Å². The fourth-order valence-electron chi connectivity index (χ4n) is 3.17. The number of ether oxygens (including phenoxy) is 4. The normalized spacial score (nSPS) is 23.3. The number of nitrogen functional groups attached to an aromatic ring is 1. The molecule has 1 aliphatic rings. The predicted molar refractivity (Wildman–Crippen MR) is 103 cm³/mol. The molecule has 4 atom stereocenters. The van der Waals surface area contributed by atoms with Crippen LogP contribution < -0.4 is 5.73 Å². The van der Waals surface area contributed by atoms with Gasteiger partial charge < -0.3 is 24.7 Å². The van der Waals surface area contributed by atoms with E-state index in [-0.39, 0.29) is 12.4 Å². The van der Waals surface area contributed by atoms with Crippen molar-refractivity contribution in [2.45, 2.75) is 50.3 Å². The predicted octanol–water partition coefficient (Wildman–Crippen LogP) is 0.454. The van der Waals surface area contributed by atoms with Crippen LogP contribution in [0.1, 0.15) is 27.0 Å².